The third-order valence-electron chi connectivity index (χ3n) is 2.65. The molecule has 3 rings (SSSR count). The number of rotatable bonds is 1. The Kier molecular flexibility index (Phi) is 2.52. The van der Waals surface area contributed by atoms with E-state index in [1.54, 1.807) is 18.2 Å². The molecular weight excluding hydrogens is 258 g/mol. The molecule has 5 heteroatoms. The normalized spacial score (nSPS) is 11.1. The van der Waals surface area contributed by atoms with Gasteiger partial charge in [-0.05, 0) is 30.3 Å². The van der Waals surface area contributed by atoms with Crippen molar-refractivity contribution in [2.24, 2.45) is 0 Å². The van der Waals surface area contributed by atoms with Crippen LogP contribution >= 0.6 is 11.6 Å². The summed E-state index contributed by atoms with van der Waals surface area (Å²) >= 11 is 5.85. The van der Waals surface area contributed by atoms with Crippen LogP contribution in [-0.4, -0.2) is 9.97 Å². The minimum Gasteiger partial charge on any atom is -0.338 e. The van der Waals surface area contributed by atoms with Crippen molar-refractivity contribution in [2.45, 2.75) is 0 Å². The van der Waals surface area contributed by atoms with E-state index in [0.29, 0.717) is 16.1 Å². The lowest BCUT2D eigenvalue weighted by Crippen LogP contribution is -1.90. The molecule has 0 aliphatic heterocycles. The van der Waals surface area contributed by atoms with E-state index in [0.717, 1.165) is 6.07 Å². The molecule has 3 aromatic rings. The van der Waals surface area contributed by atoms with Crippen molar-refractivity contribution in [1.82, 2.24) is 9.97 Å². The molecule has 0 fully saturated rings. The van der Waals surface area contributed by atoms with Crippen molar-refractivity contribution in [3.63, 3.8) is 0 Å². The number of fused-ring (bicyclic) bond motifs is 1. The lowest BCUT2D eigenvalue weighted by Gasteiger charge is -1.99. The Balaban J connectivity index is 2.22. The van der Waals surface area contributed by atoms with Crippen LogP contribution in [0.2, 0.25) is 5.02 Å². The summed E-state index contributed by atoms with van der Waals surface area (Å²) in [5.41, 5.74) is 1.43. The highest BCUT2D eigenvalue weighted by molar-refractivity contribution is 6.31. The van der Waals surface area contributed by atoms with Gasteiger partial charge in [0, 0.05) is 5.02 Å². The first-order chi connectivity index (χ1) is 8.65. The Morgan fingerprint density at radius 1 is 1.11 bits per heavy atom. The standard InChI is InChI=1S/C13H7ClF2N2/c14-7-4-5-10-11(6-7)18-13(17-10)8-2-1-3-9(15)12(8)16/h1-6H,(H,17,18). The molecule has 0 unspecified atom stereocenters. The average molecular weight is 265 g/mol. The molecule has 2 nitrogen and oxygen atoms in total. The van der Waals surface area contributed by atoms with Crippen molar-refractivity contribution in [3.05, 3.63) is 53.1 Å². The molecule has 2 aromatic carbocycles. The number of imidazole rings is 1. The van der Waals surface area contributed by atoms with Gasteiger partial charge in [0.1, 0.15) is 5.82 Å². The summed E-state index contributed by atoms with van der Waals surface area (Å²) in [7, 11) is 0. The van der Waals surface area contributed by atoms with Gasteiger partial charge in [0.25, 0.3) is 0 Å². The number of hydrogen-bond donors (Lipinski definition) is 1. The number of hydrogen-bond acceptors (Lipinski definition) is 1. The summed E-state index contributed by atoms with van der Waals surface area (Å²) in [4.78, 5) is 7.12. The van der Waals surface area contributed by atoms with E-state index >= 15 is 0 Å². The molecule has 0 spiro atoms. The second-order valence-corrected chi connectivity index (χ2v) is 4.28. The van der Waals surface area contributed by atoms with Crippen molar-refractivity contribution in [2.75, 3.05) is 0 Å². The Labute approximate surface area is 106 Å². The summed E-state index contributed by atoms with van der Waals surface area (Å²) in [6.45, 7) is 0. The SMILES string of the molecule is Fc1cccc(-c2nc3ccc(Cl)cc3[nH]2)c1F. The van der Waals surface area contributed by atoms with Gasteiger partial charge < -0.3 is 4.98 Å². The van der Waals surface area contributed by atoms with Gasteiger partial charge in [-0.3, -0.25) is 0 Å². The van der Waals surface area contributed by atoms with E-state index in [9.17, 15) is 8.78 Å². The Hall–Kier alpha value is -1.94. The number of benzene rings is 2. The number of halogens is 3. The summed E-state index contributed by atoms with van der Waals surface area (Å²) in [6, 6.07) is 9.07. The minimum atomic E-state index is -0.914. The monoisotopic (exact) mass is 264 g/mol. The van der Waals surface area contributed by atoms with Gasteiger partial charge in [-0.1, -0.05) is 17.7 Å². The zero-order valence-electron chi connectivity index (χ0n) is 9.05. The van der Waals surface area contributed by atoms with Gasteiger partial charge in [0.15, 0.2) is 11.6 Å². The van der Waals surface area contributed by atoms with Crippen LogP contribution in [-0.2, 0) is 0 Å². The lowest BCUT2D eigenvalue weighted by atomic mass is 10.2. The van der Waals surface area contributed by atoms with Crippen LogP contribution in [0.3, 0.4) is 0 Å². The second kappa shape index (κ2) is 4.07. The maximum atomic E-state index is 13.6. The van der Waals surface area contributed by atoms with Crippen molar-refractivity contribution in [1.29, 1.82) is 0 Å². The van der Waals surface area contributed by atoms with Crippen LogP contribution in [0.4, 0.5) is 8.78 Å². The summed E-state index contributed by atoms with van der Waals surface area (Å²) in [5, 5.41) is 0.553. The first-order valence-corrected chi connectivity index (χ1v) is 5.62. The van der Waals surface area contributed by atoms with E-state index in [4.69, 9.17) is 11.6 Å². The van der Waals surface area contributed by atoms with E-state index in [1.165, 1.54) is 12.1 Å². The molecule has 0 radical (unpaired) electrons. The molecule has 0 saturated heterocycles. The van der Waals surface area contributed by atoms with Crippen LogP contribution in [0, 0.1) is 11.6 Å². The van der Waals surface area contributed by atoms with Gasteiger partial charge in [0.05, 0.1) is 16.6 Å². The highest BCUT2D eigenvalue weighted by Gasteiger charge is 2.13. The summed E-state index contributed by atoms with van der Waals surface area (Å²) in [6.07, 6.45) is 0. The molecule has 1 heterocycles. The third-order valence-corrected chi connectivity index (χ3v) is 2.89. The Bertz CT molecular complexity index is 737. The smallest absolute Gasteiger partial charge is 0.169 e. The Morgan fingerprint density at radius 3 is 2.78 bits per heavy atom. The summed E-state index contributed by atoms with van der Waals surface area (Å²) < 4.78 is 26.8. The molecule has 0 amide bonds. The second-order valence-electron chi connectivity index (χ2n) is 3.85. The van der Waals surface area contributed by atoms with E-state index in [-0.39, 0.29) is 11.4 Å². The van der Waals surface area contributed by atoms with Crippen LogP contribution in [0.5, 0.6) is 0 Å². The fourth-order valence-electron chi connectivity index (χ4n) is 1.80. The minimum absolute atomic E-state index is 0.0994. The van der Waals surface area contributed by atoms with E-state index in [2.05, 4.69) is 9.97 Å². The molecular formula is C13H7ClF2N2. The van der Waals surface area contributed by atoms with Crippen molar-refractivity contribution < 1.29 is 8.78 Å². The topological polar surface area (TPSA) is 28.7 Å². The maximum Gasteiger partial charge on any atom is 0.169 e. The van der Waals surface area contributed by atoms with Gasteiger partial charge in [-0.2, -0.15) is 0 Å². The predicted octanol–water partition coefficient (Wildman–Crippen LogP) is 4.16. The zero-order valence-corrected chi connectivity index (χ0v) is 9.80. The molecule has 18 heavy (non-hydrogen) atoms. The Morgan fingerprint density at radius 2 is 1.94 bits per heavy atom. The lowest BCUT2D eigenvalue weighted by molar-refractivity contribution is 0.510. The van der Waals surface area contributed by atoms with Crippen molar-refractivity contribution in [3.8, 4) is 11.4 Å². The van der Waals surface area contributed by atoms with Crippen LogP contribution < -0.4 is 0 Å². The average Bonchev–Trinajstić information content (AvgIpc) is 2.75. The van der Waals surface area contributed by atoms with Gasteiger partial charge in [-0.25, -0.2) is 13.8 Å². The number of aromatic amines is 1. The molecule has 0 aliphatic rings. The zero-order chi connectivity index (χ0) is 12.7. The number of aromatic nitrogens is 2. The first kappa shape index (κ1) is 11.2. The highest BCUT2D eigenvalue weighted by Crippen LogP contribution is 2.25. The van der Waals surface area contributed by atoms with Crippen LogP contribution in [0.25, 0.3) is 22.4 Å². The quantitative estimate of drug-likeness (QED) is 0.702. The molecule has 0 saturated carbocycles. The van der Waals surface area contributed by atoms with Crippen molar-refractivity contribution >= 4 is 22.6 Å². The largest absolute Gasteiger partial charge is 0.338 e. The molecule has 0 bridgehead atoms. The molecule has 90 valence electrons. The molecule has 1 N–H and O–H groups in total. The fourth-order valence-corrected chi connectivity index (χ4v) is 1.97. The highest BCUT2D eigenvalue weighted by atomic mass is 35.5. The number of nitrogens with one attached hydrogen (secondary N) is 1. The molecule has 0 aliphatic carbocycles. The third kappa shape index (κ3) is 1.75. The number of H-pyrrole nitrogens is 1. The fraction of sp³-hybridized carbons (Fsp3) is 0. The number of nitrogens with zero attached hydrogens (tertiary/aromatic N) is 1. The van der Waals surface area contributed by atoms with Crippen LogP contribution in [0.15, 0.2) is 36.4 Å². The predicted molar refractivity (Wildman–Crippen MR) is 66.5 cm³/mol. The maximum absolute atomic E-state index is 13.6. The van der Waals surface area contributed by atoms with Gasteiger partial charge >= 0.3 is 0 Å². The first-order valence-electron chi connectivity index (χ1n) is 5.25. The molecule has 0 atom stereocenters. The van der Waals surface area contributed by atoms with E-state index in [1.807, 2.05) is 0 Å². The van der Waals surface area contributed by atoms with Crippen LogP contribution in [0.1, 0.15) is 0 Å². The molecule has 1 aromatic heterocycles. The summed E-state index contributed by atoms with van der Waals surface area (Å²) in [5.74, 6) is -1.53. The van der Waals surface area contributed by atoms with E-state index < -0.39 is 11.6 Å². The van der Waals surface area contributed by atoms with Gasteiger partial charge in [0.2, 0.25) is 0 Å². The van der Waals surface area contributed by atoms with Gasteiger partial charge in [-0.15, -0.1) is 0 Å².